The molecular formula is C11H18ClN5. The lowest BCUT2D eigenvalue weighted by molar-refractivity contribution is 0.706. The Morgan fingerprint density at radius 1 is 1.06 bits per heavy atom. The second-order valence-electron chi connectivity index (χ2n) is 4.05. The summed E-state index contributed by atoms with van der Waals surface area (Å²) >= 11 is 0. The molecule has 1 N–H and O–H groups in total. The minimum atomic E-state index is 0. The van der Waals surface area contributed by atoms with Gasteiger partial charge in [0, 0.05) is 20.2 Å². The molecule has 0 aliphatic rings. The average Bonchev–Trinajstić information content (AvgIpc) is 2.66. The Morgan fingerprint density at radius 2 is 1.65 bits per heavy atom. The van der Waals surface area contributed by atoms with Crippen molar-refractivity contribution in [3.05, 3.63) is 29.2 Å². The van der Waals surface area contributed by atoms with Gasteiger partial charge in [-0.05, 0) is 19.9 Å². The first-order chi connectivity index (χ1) is 7.56. The average molecular weight is 256 g/mol. The molecule has 0 unspecified atom stereocenters. The Balaban J connectivity index is 0.00000144. The molecule has 0 radical (unpaired) electrons. The molecule has 0 aliphatic carbocycles. The van der Waals surface area contributed by atoms with Crippen molar-refractivity contribution in [2.45, 2.75) is 20.4 Å². The Kier molecular flexibility index (Phi) is 4.17. The summed E-state index contributed by atoms with van der Waals surface area (Å²) in [6.45, 7) is 4.74. The molecule has 0 atom stereocenters. The molecule has 94 valence electrons. The third kappa shape index (κ3) is 3.00. The number of nitrogens with one attached hydrogen (secondary N) is 1. The van der Waals surface area contributed by atoms with Gasteiger partial charge < -0.3 is 5.32 Å². The molecule has 2 heterocycles. The van der Waals surface area contributed by atoms with Gasteiger partial charge >= 0.3 is 0 Å². The largest absolute Gasteiger partial charge is 0.365 e. The van der Waals surface area contributed by atoms with Gasteiger partial charge in [-0.25, -0.2) is 0 Å². The fourth-order valence-electron chi connectivity index (χ4n) is 1.79. The third-order valence-corrected chi connectivity index (χ3v) is 2.55. The summed E-state index contributed by atoms with van der Waals surface area (Å²) in [5.41, 5.74) is 3.23. The normalized spacial score (nSPS) is 10.1. The minimum Gasteiger partial charge on any atom is -0.365 e. The lowest BCUT2D eigenvalue weighted by atomic mass is 10.3. The van der Waals surface area contributed by atoms with Crippen LogP contribution >= 0.6 is 12.4 Å². The standard InChI is InChI=1S/C11H17N5.ClH/c1-8-5-10(15(3)13-8)7-12-11-6-9(2)14-16(11)4;/h5-6,12H,7H2,1-4H3;1H. The van der Waals surface area contributed by atoms with Gasteiger partial charge in [-0.15, -0.1) is 12.4 Å². The van der Waals surface area contributed by atoms with E-state index in [1.165, 1.54) is 0 Å². The Hall–Kier alpha value is -1.49. The molecule has 0 aliphatic heterocycles. The predicted molar refractivity (Wildman–Crippen MR) is 70.5 cm³/mol. The third-order valence-electron chi connectivity index (χ3n) is 2.55. The molecule has 0 amide bonds. The molecular weight excluding hydrogens is 238 g/mol. The summed E-state index contributed by atoms with van der Waals surface area (Å²) in [5, 5.41) is 11.9. The molecule has 6 heteroatoms. The van der Waals surface area contributed by atoms with Gasteiger partial charge in [-0.3, -0.25) is 9.36 Å². The van der Waals surface area contributed by atoms with Crippen LogP contribution in [0.25, 0.3) is 0 Å². The van der Waals surface area contributed by atoms with Crippen LogP contribution in [0.5, 0.6) is 0 Å². The number of aryl methyl sites for hydroxylation is 4. The van der Waals surface area contributed by atoms with Crippen LogP contribution in [-0.2, 0) is 20.6 Å². The highest BCUT2D eigenvalue weighted by Crippen LogP contribution is 2.10. The number of nitrogens with zero attached hydrogens (tertiary/aromatic N) is 4. The van der Waals surface area contributed by atoms with Crippen molar-refractivity contribution in [1.29, 1.82) is 0 Å². The van der Waals surface area contributed by atoms with Gasteiger partial charge in [0.1, 0.15) is 5.82 Å². The Labute approximate surface area is 107 Å². The van der Waals surface area contributed by atoms with Crippen LogP contribution in [0.3, 0.4) is 0 Å². The summed E-state index contributed by atoms with van der Waals surface area (Å²) in [6, 6.07) is 4.11. The van der Waals surface area contributed by atoms with Crippen molar-refractivity contribution < 1.29 is 0 Å². The van der Waals surface area contributed by atoms with Gasteiger partial charge in [0.15, 0.2) is 0 Å². The zero-order valence-corrected chi connectivity index (χ0v) is 11.4. The molecule has 0 saturated carbocycles. The quantitative estimate of drug-likeness (QED) is 0.910. The van der Waals surface area contributed by atoms with E-state index in [-0.39, 0.29) is 12.4 Å². The Bertz CT molecular complexity index is 454. The maximum absolute atomic E-state index is 4.31. The smallest absolute Gasteiger partial charge is 0.124 e. The lowest BCUT2D eigenvalue weighted by Gasteiger charge is -2.06. The molecule has 2 aromatic rings. The van der Waals surface area contributed by atoms with Gasteiger partial charge in [-0.1, -0.05) is 0 Å². The number of anilines is 1. The highest BCUT2D eigenvalue weighted by atomic mass is 35.5. The van der Waals surface area contributed by atoms with Crippen LogP contribution in [0.15, 0.2) is 12.1 Å². The zero-order valence-electron chi connectivity index (χ0n) is 10.6. The lowest BCUT2D eigenvalue weighted by Crippen LogP contribution is -2.08. The van der Waals surface area contributed by atoms with Crippen molar-refractivity contribution >= 4 is 18.2 Å². The minimum absolute atomic E-state index is 0. The van der Waals surface area contributed by atoms with Gasteiger partial charge in [0.25, 0.3) is 0 Å². The molecule has 5 nitrogen and oxygen atoms in total. The van der Waals surface area contributed by atoms with Crippen LogP contribution in [-0.4, -0.2) is 19.6 Å². The molecule has 0 spiro atoms. The fraction of sp³-hybridized carbons (Fsp3) is 0.455. The zero-order chi connectivity index (χ0) is 11.7. The highest BCUT2D eigenvalue weighted by molar-refractivity contribution is 5.85. The van der Waals surface area contributed by atoms with E-state index in [1.54, 1.807) is 0 Å². The van der Waals surface area contributed by atoms with E-state index in [9.17, 15) is 0 Å². The van der Waals surface area contributed by atoms with Gasteiger partial charge in [0.05, 0.1) is 23.6 Å². The number of rotatable bonds is 3. The van der Waals surface area contributed by atoms with E-state index in [0.29, 0.717) is 0 Å². The molecule has 0 fully saturated rings. The van der Waals surface area contributed by atoms with E-state index >= 15 is 0 Å². The molecule has 0 saturated heterocycles. The van der Waals surface area contributed by atoms with E-state index in [1.807, 2.05) is 43.4 Å². The van der Waals surface area contributed by atoms with Gasteiger partial charge in [-0.2, -0.15) is 10.2 Å². The van der Waals surface area contributed by atoms with Crippen molar-refractivity contribution in [2.75, 3.05) is 5.32 Å². The summed E-state index contributed by atoms with van der Waals surface area (Å²) in [6.07, 6.45) is 0. The van der Waals surface area contributed by atoms with E-state index in [0.717, 1.165) is 29.4 Å². The topological polar surface area (TPSA) is 47.7 Å². The molecule has 17 heavy (non-hydrogen) atoms. The fourth-order valence-corrected chi connectivity index (χ4v) is 1.79. The Morgan fingerprint density at radius 3 is 2.12 bits per heavy atom. The van der Waals surface area contributed by atoms with Crippen LogP contribution < -0.4 is 5.32 Å². The highest BCUT2D eigenvalue weighted by Gasteiger charge is 2.04. The molecule has 0 bridgehead atoms. The molecule has 0 aromatic carbocycles. The summed E-state index contributed by atoms with van der Waals surface area (Å²) in [5.74, 6) is 1.02. The van der Waals surface area contributed by atoms with Crippen molar-refractivity contribution in [2.24, 2.45) is 14.1 Å². The number of halogens is 1. The maximum atomic E-state index is 4.31. The summed E-state index contributed by atoms with van der Waals surface area (Å²) in [4.78, 5) is 0. The van der Waals surface area contributed by atoms with E-state index < -0.39 is 0 Å². The SMILES string of the molecule is Cc1cc(CNc2cc(C)nn2C)n(C)n1.Cl. The van der Waals surface area contributed by atoms with Crippen molar-refractivity contribution in [1.82, 2.24) is 19.6 Å². The maximum Gasteiger partial charge on any atom is 0.124 e. The summed E-state index contributed by atoms with van der Waals surface area (Å²) in [7, 11) is 3.89. The van der Waals surface area contributed by atoms with Crippen molar-refractivity contribution in [3.8, 4) is 0 Å². The van der Waals surface area contributed by atoms with E-state index in [4.69, 9.17) is 0 Å². The van der Waals surface area contributed by atoms with Crippen LogP contribution in [0.2, 0.25) is 0 Å². The van der Waals surface area contributed by atoms with Gasteiger partial charge in [0.2, 0.25) is 0 Å². The van der Waals surface area contributed by atoms with Crippen LogP contribution in [0.1, 0.15) is 17.1 Å². The van der Waals surface area contributed by atoms with E-state index in [2.05, 4.69) is 21.6 Å². The second-order valence-corrected chi connectivity index (χ2v) is 4.05. The molecule has 2 aromatic heterocycles. The number of aromatic nitrogens is 4. The van der Waals surface area contributed by atoms with Crippen molar-refractivity contribution in [3.63, 3.8) is 0 Å². The predicted octanol–water partition coefficient (Wildman–Crippen LogP) is 1.80. The summed E-state index contributed by atoms with van der Waals surface area (Å²) < 4.78 is 3.74. The number of hydrogen-bond acceptors (Lipinski definition) is 3. The second kappa shape index (κ2) is 5.23. The first-order valence-corrected chi connectivity index (χ1v) is 5.30. The van der Waals surface area contributed by atoms with Crippen LogP contribution in [0, 0.1) is 13.8 Å². The first kappa shape index (κ1) is 13.6. The first-order valence-electron chi connectivity index (χ1n) is 5.30. The van der Waals surface area contributed by atoms with Crippen LogP contribution in [0.4, 0.5) is 5.82 Å². The number of hydrogen-bond donors (Lipinski definition) is 1. The molecule has 2 rings (SSSR count). The monoisotopic (exact) mass is 255 g/mol.